The van der Waals surface area contributed by atoms with Crippen molar-refractivity contribution < 1.29 is 14.3 Å². The molecule has 8 nitrogen and oxygen atoms in total. The van der Waals surface area contributed by atoms with E-state index in [1.807, 2.05) is 0 Å². The molecule has 0 spiro atoms. The maximum atomic E-state index is 11.8. The molecule has 0 bridgehead atoms. The van der Waals surface area contributed by atoms with Crippen LogP contribution in [0.4, 0.5) is 5.82 Å². The summed E-state index contributed by atoms with van der Waals surface area (Å²) in [5.41, 5.74) is 0.701. The first-order valence-electron chi connectivity index (χ1n) is 6.84. The number of furan rings is 1. The largest absolute Gasteiger partial charge is 0.493 e. The van der Waals surface area contributed by atoms with E-state index in [1.54, 1.807) is 23.1 Å². The Hall–Kier alpha value is -3.03. The first-order chi connectivity index (χ1) is 10.6. The maximum Gasteiger partial charge on any atom is 0.326 e. The molecule has 1 aliphatic heterocycles. The van der Waals surface area contributed by atoms with Gasteiger partial charge in [-0.25, -0.2) is 9.78 Å². The molecule has 0 aliphatic carbocycles. The average Bonchev–Trinajstić information content (AvgIpc) is 3.16. The van der Waals surface area contributed by atoms with Crippen LogP contribution in [0.25, 0.3) is 22.6 Å². The van der Waals surface area contributed by atoms with Crippen LogP contribution >= 0.6 is 0 Å². The van der Waals surface area contributed by atoms with Crippen molar-refractivity contribution in [2.24, 2.45) is 0 Å². The summed E-state index contributed by atoms with van der Waals surface area (Å²) in [6.45, 7) is 0.661. The van der Waals surface area contributed by atoms with Gasteiger partial charge in [0.25, 0.3) is 0 Å². The lowest BCUT2D eigenvalue weighted by atomic mass is 10.3. The van der Waals surface area contributed by atoms with E-state index in [0.717, 1.165) is 6.42 Å². The Labute approximate surface area is 123 Å². The van der Waals surface area contributed by atoms with E-state index in [-0.39, 0.29) is 17.5 Å². The molecule has 4 heterocycles. The highest BCUT2D eigenvalue weighted by molar-refractivity contribution is 5.95. The second kappa shape index (κ2) is 4.48. The van der Waals surface area contributed by atoms with Crippen molar-refractivity contribution in [3.63, 3.8) is 0 Å². The number of hydrogen-bond donors (Lipinski definition) is 3. The fraction of sp³-hybridized carbons (Fsp3) is 0.214. The fourth-order valence-corrected chi connectivity index (χ4v) is 2.63. The normalized spacial score (nSPS) is 15.1. The number of H-pyrrole nitrogens is 2. The molecule has 0 aromatic carbocycles. The zero-order valence-corrected chi connectivity index (χ0v) is 11.4. The number of aromatic hydroxyl groups is 1. The molecule has 0 unspecified atom stereocenters. The molecule has 3 N–H and O–H groups in total. The average molecular weight is 300 g/mol. The van der Waals surface area contributed by atoms with Crippen molar-refractivity contribution in [2.75, 3.05) is 11.4 Å². The molecule has 1 aliphatic rings. The first-order valence-corrected chi connectivity index (χ1v) is 6.84. The summed E-state index contributed by atoms with van der Waals surface area (Å²) in [6, 6.07) is 5.05. The predicted molar refractivity (Wildman–Crippen MR) is 77.7 cm³/mol. The second-order valence-corrected chi connectivity index (χ2v) is 5.12. The molecule has 1 amide bonds. The molecular weight excluding hydrogens is 288 g/mol. The molecule has 8 heteroatoms. The van der Waals surface area contributed by atoms with Crippen molar-refractivity contribution in [3.8, 4) is 17.3 Å². The van der Waals surface area contributed by atoms with Gasteiger partial charge in [0.05, 0.1) is 0 Å². The molecule has 0 radical (unpaired) electrons. The molecule has 4 rings (SSSR count). The Kier molecular flexibility index (Phi) is 2.59. The SMILES string of the molecule is O=C1CCCN1c1ccc2oc(-c3[nH]c(=O)[nH]c3O)cc2n1. The number of aromatic nitrogens is 3. The number of nitrogens with zero attached hydrogens (tertiary/aromatic N) is 2. The smallest absolute Gasteiger partial charge is 0.326 e. The van der Waals surface area contributed by atoms with E-state index >= 15 is 0 Å². The number of carbonyl (C=O) groups excluding carboxylic acids is 1. The van der Waals surface area contributed by atoms with E-state index in [4.69, 9.17) is 4.42 Å². The summed E-state index contributed by atoms with van der Waals surface area (Å²) in [7, 11) is 0. The molecule has 0 saturated carbocycles. The first kappa shape index (κ1) is 12.7. The van der Waals surface area contributed by atoms with E-state index in [1.165, 1.54) is 0 Å². The van der Waals surface area contributed by atoms with E-state index in [9.17, 15) is 14.7 Å². The van der Waals surface area contributed by atoms with Gasteiger partial charge in [-0.15, -0.1) is 0 Å². The Morgan fingerprint density at radius 3 is 2.82 bits per heavy atom. The minimum atomic E-state index is -0.524. The number of carbonyl (C=O) groups is 1. The lowest BCUT2D eigenvalue weighted by Crippen LogP contribution is -2.24. The molecular formula is C14H12N4O4. The summed E-state index contributed by atoms with van der Waals surface area (Å²) < 4.78 is 5.58. The number of nitrogens with one attached hydrogen (secondary N) is 2. The summed E-state index contributed by atoms with van der Waals surface area (Å²) in [5, 5.41) is 9.65. The van der Waals surface area contributed by atoms with Crippen LogP contribution in [0.15, 0.2) is 27.4 Å². The minimum Gasteiger partial charge on any atom is -0.493 e. The van der Waals surface area contributed by atoms with Gasteiger partial charge in [-0.3, -0.25) is 19.7 Å². The van der Waals surface area contributed by atoms with Crippen LogP contribution in [0.5, 0.6) is 5.88 Å². The number of imidazole rings is 1. The van der Waals surface area contributed by atoms with Crippen LogP contribution in [-0.4, -0.2) is 32.5 Å². The van der Waals surface area contributed by atoms with Crippen LogP contribution in [0.1, 0.15) is 12.8 Å². The third-order valence-electron chi connectivity index (χ3n) is 3.66. The standard InChI is InChI=1S/C14H12N4O4/c19-11-2-1-5-18(11)10-4-3-8-7(15-10)6-9(22-8)12-13(20)17-14(21)16-12/h3-4,6,20H,1-2,5H2,(H2,16,17,21). The zero-order chi connectivity index (χ0) is 15.3. The van der Waals surface area contributed by atoms with Gasteiger partial charge in [0.2, 0.25) is 11.8 Å². The Morgan fingerprint density at radius 2 is 2.14 bits per heavy atom. The summed E-state index contributed by atoms with van der Waals surface area (Å²) in [5.74, 6) is 0.638. The van der Waals surface area contributed by atoms with Gasteiger partial charge in [-0.1, -0.05) is 0 Å². The highest BCUT2D eigenvalue weighted by atomic mass is 16.3. The van der Waals surface area contributed by atoms with Crippen LogP contribution in [0.3, 0.4) is 0 Å². The molecule has 3 aromatic rings. The lowest BCUT2D eigenvalue weighted by Gasteiger charge is -2.13. The number of hydrogen-bond acceptors (Lipinski definition) is 5. The minimum absolute atomic E-state index is 0.0585. The van der Waals surface area contributed by atoms with Crippen molar-refractivity contribution in [1.29, 1.82) is 0 Å². The molecule has 112 valence electrons. The van der Waals surface area contributed by atoms with Gasteiger partial charge in [0.1, 0.15) is 17.0 Å². The van der Waals surface area contributed by atoms with Crippen LogP contribution in [0.2, 0.25) is 0 Å². The number of anilines is 1. The number of rotatable bonds is 2. The highest BCUT2D eigenvalue weighted by Crippen LogP contribution is 2.31. The van der Waals surface area contributed by atoms with Crippen molar-refractivity contribution >= 4 is 22.8 Å². The summed E-state index contributed by atoms with van der Waals surface area (Å²) in [6.07, 6.45) is 1.36. The Balaban J connectivity index is 1.79. The quantitative estimate of drug-likeness (QED) is 0.660. The number of aromatic amines is 2. The summed E-state index contributed by atoms with van der Waals surface area (Å²) >= 11 is 0. The maximum absolute atomic E-state index is 11.8. The van der Waals surface area contributed by atoms with Gasteiger partial charge in [-0.05, 0) is 18.6 Å². The van der Waals surface area contributed by atoms with E-state index in [2.05, 4.69) is 15.0 Å². The number of fused-ring (bicyclic) bond motifs is 1. The van der Waals surface area contributed by atoms with Gasteiger partial charge < -0.3 is 9.52 Å². The topological polar surface area (TPSA) is 115 Å². The molecule has 3 aromatic heterocycles. The Morgan fingerprint density at radius 1 is 1.27 bits per heavy atom. The second-order valence-electron chi connectivity index (χ2n) is 5.12. The number of amides is 1. The highest BCUT2D eigenvalue weighted by Gasteiger charge is 2.23. The Bertz CT molecular complexity index is 936. The molecule has 0 atom stereocenters. The van der Waals surface area contributed by atoms with Crippen molar-refractivity contribution in [2.45, 2.75) is 12.8 Å². The number of pyridine rings is 1. The van der Waals surface area contributed by atoms with Gasteiger partial charge >= 0.3 is 5.69 Å². The van der Waals surface area contributed by atoms with E-state index < -0.39 is 5.69 Å². The van der Waals surface area contributed by atoms with Gasteiger partial charge in [-0.2, -0.15) is 0 Å². The molecule has 1 saturated heterocycles. The van der Waals surface area contributed by atoms with Crippen LogP contribution in [0, 0.1) is 0 Å². The summed E-state index contributed by atoms with van der Waals surface area (Å²) in [4.78, 5) is 33.7. The molecule has 1 fully saturated rings. The fourth-order valence-electron chi connectivity index (χ4n) is 2.63. The predicted octanol–water partition coefficient (Wildman–Crippen LogP) is 1.34. The molecule has 22 heavy (non-hydrogen) atoms. The van der Waals surface area contributed by atoms with Crippen molar-refractivity contribution in [1.82, 2.24) is 15.0 Å². The monoisotopic (exact) mass is 300 g/mol. The van der Waals surface area contributed by atoms with Gasteiger partial charge in [0, 0.05) is 19.0 Å². The van der Waals surface area contributed by atoms with Gasteiger partial charge in [0.15, 0.2) is 11.3 Å². The van der Waals surface area contributed by atoms with Crippen molar-refractivity contribution in [3.05, 3.63) is 28.7 Å². The van der Waals surface area contributed by atoms with E-state index in [0.29, 0.717) is 35.6 Å². The van der Waals surface area contributed by atoms with Crippen LogP contribution < -0.4 is 10.6 Å². The third-order valence-corrected chi connectivity index (χ3v) is 3.66. The lowest BCUT2D eigenvalue weighted by molar-refractivity contribution is -0.117. The third kappa shape index (κ3) is 1.88. The van der Waals surface area contributed by atoms with Crippen LogP contribution in [-0.2, 0) is 4.79 Å². The zero-order valence-electron chi connectivity index (χ0n) is 11.4.